The van der Waals surface area contributed by atoms with E-state index in [9.17, 15) is 8.42 Å². The number of aryl methyl sites for hydroxylation is 2. The lowest BCUT2D eigenvalue weighted by Crippen LogP contribution is -2.30. The minimum atomic E-state index is -3.16. The van der Waals surface area contributed by atoms with Gasteiger partial charge in [-0.3, -0.25) is 0 Å². The van der Waals surface area contributed by atoms with Crippen molar-refractivity contribution in [3.8, 4) is 0 Å². The van der Waals surface area contributed by atoms with Crippen LogP contribution in [0.25, 0.3) is 0 Å². The van der Waals surface area contributed by atoms with E-state index in [-0.39, 0.29) is 11.7 Å². The van der Waals surface area contributed by atoms with Crippen molar-refractivity contribution in [2.45, 2.75) is 58.9 Å². The van der Waals surface area contributed by atoms with Crippen LogP contribution in [0.15, 0.2) is 6.20 Å². The zero-order chi connectivity index (χ0) is 15.3. The van der Waals surface area contributed by atoms with Crippen molar-refractivity contribution >= 4 is 10.0 Å². The lowest BCUT2D eigenvalue weighted by Gasteiger charge is -2.11. The van der Waals surface area contributed by atoms with E-state index in [0.717, 1.165) is 37.3 Å². The summed E-state index contributed by atoms with van der Waals surface area (Å²) in [5, 5.41) is 0. The summed E-state index contributed by atoms with van der Waals surface area (Å²) in [5.74, 6) is 1.59. The van der Waals surface area contributed by atoms with Gasteiger partial charge in [0, 0.05) is 32.1 Å². The van der Waals surface area contributed by atoms with Crippen LogP contribution >= 0.6 is 0 Å². The highest BCUT2D eigenvalue weighted by Gasteiger charge is 2.16. The van der Waals surface area contributed by atoms with E-state index in [1.807, 2.05) is 6.92 Å². The second kappa shape index (κ2) is 7.40. The molecule has 2 rings (SSSR count). The molecule has 2 heterocycles. The van der Waals surface area contributed by atoms with E-state index in [1.165, 1.54) is 12.8 Å². The fraction of sp³-hybridized carbons (Fsp3) is 0.800. The molecule has 0 saturated heterocycles. The number of sulfonamides is 1. The standard InChI is InChI=1S/C15H27N3O2S/c1-3-6-13(2)12-21(19,20)16-9-8-14-11-18-10-5-4-7-15(18)17-14/h11,13,16H,3-10,12H2,1-2H3/t13-/m0/s1. The summed E-state index contributed by atoms with van der Waals surface area (Å²) in [6, 6.07) is 0. The fourth-order valence-electron chi connectivity index (χ4n) is 2.94. The van der Waals surface area contributed by atoms with Crippen molar-refractivity contribution in [3.63, 3.8) is 0 Å². The molecule has 0 bridgehead atoms. The number of imidazole rings is 1. The summed E-state index contributed by atoms with van der Waals surface area (Å²) in [6.45, 7) is 5.56. The third-order valence-corrected chi connectivity index (χ3v) is 5.60. The Bertz CT molecular complexity index is 528. The maximum absolute atomic E-state index is 12.0. The van der Waals surface area contributed by atoms with Gasteiger partial charge in [0.15, 0.2) is 0 Å². The van der Waals surface area contributed by atoms with Crippen LogP contribution < -0.4 is 4.72 Å². The lowest BCUT2D eigenvalue weighted by atomic mass is 10.1. The Labute approximate surface area is 128 Å². The summed E-state index contributed by atoms with van der Waals surface area (Å²) < 4.78 is 28.8. The Morgan fingerprint density at radius 1 is 1.43 bits per heavy atom. The van der Waals surface area contributed by atoms with Crippen molar-refractivity contribution in [2.75, 3.05) is 12.3 Å². The van der Waals surface area contributed by atoms with Gasteiger partial charge in [0.2, 0.25) is 10.0 Å². The highest BCUT2D eigenvalue weighted by atomic mass is 32.2. The average molecular weight is 313 g/mol. The normalized spacial score (nSPS) is 16.7. The van der Waals surface area contributed by atoms with Crippen molar-refractivity contribution in [1.82, 2.24) is 14.3 Å². The van der Waals surface area contributed by atoms with Gasteiger partial charge in [0.1, 0.15) is 5.82 Å². The zero-order valence-corrected chi connectivity index (χ0v) is 14.0. The third kappa shape index (κ3) is 5.11. The summed E-state index contributed by atoms with van der Waals surface area (Å²) in [4.78, 5) is 4.59. The molecule has 1 N–H and O–H groups in total. The molecule has 1 aromatic heterocycles. The lowest BCUT2D eigenvalue weighted by molar-refractivity contribution is 0.522. The molecule has 0 amide bonds. The van der Waals surface area contributed by atoms with Gasteiger partial charge in [-0.25, -0.2) is 18.1 Å². The summed E-state index contributed by atoms with van der Waals surface area (Å²) in [7, 11) is -3.16. The first-order chi connectivity index (χ1) is 10.00. The zero-order valence-electron chi connectivity index (χ0n) is 13.1. The van der Waals surface area contributed by atoms with Crippen molar-refractivity contribution in [3.05, 3.63) is 17.7 Å². The quantitative estimate of drug-likeness (QED) is 0.799. The Kier molecular flexibility index (Phi) is 5.81. The largest absolute Gasteiger partial charge is 0.335 e. The number of aromatic nitrogens is 2. The summed E-state index contributed by atoms with van der Waals surface area (Å²) in [5.41, 5.74) is 0.996. The number of hydrogen-bond acceptors (Lipinski definition) is 3. The molecule has 1 aliphatic rings. The molecule has 1 aromatic rings. The van der Waals surface area contributed by atoms with E-state index >= 15 is 0 Å². The monoisotopic (exact) mass is 313 g/mol. The van der Waals surface area contributed by atoms with Crippen LogP contribution in [0.3, 0.4) is 0 Å². The third-order valence-electron chi connectivity index (χ3n) is 3.95. The molecule has 0 unspecified atom stereocenters. The van der Waals surface area contributed by atoms with Crippen LogP contribution in [0.5, 0.6) is 0 Å². The SMILES string of the molecule is CCC[C@H](C)CS(=O)(=O)NCCc1cn2c(n1)CCCC2. The summed E-state index contributed by atoms with van der Waals surface area (Å²) >= 11 is 0. The van der Waals surface area contributed by atoms with Gasteiger partial charge in [0.25, 0.3) is 0 Å². The van der Waals surface area contributed by atoms with Crippen LogP contribution in [0, 0.1) is 5.92 Å². The van der Waals surface area contributed by atoms with Crippen molar-refractivity contribution in [2.24, 2.45) is 5.92 Å². The van der Waals surface area contributed by atoms with E-state index in [1.54, 1.807) is 0 Å². The molecule has 5 nitrogen and oxygen atoms in total. The summed E-state index contributed by atoms with van der Waals surface area (Å²) in [6.07, 6.45) is 8.18. The number of hydrogen-bond donors (Lipinski definition) is 1. The molecule has 0 aliphatic carbocycles. The van der Waals surface area contributed by atoms with Crippen LogP contribution in [-0.4, -0.2) is 30.3 Å². The fourth-order valence-corrected chi connectivity index (χ4v) is 4.38. The first-order valence-electron chi connectivity index (χ1n) is 8.02. The molecule has 0 aromatic carbocycles. The first kappa shape index (κ1) is 16.5. The molecule has 0 saturated carbocycles. The number of fused-ring (bicyclic) bond motifs is 1. The predicted octanol–water partition coefficient (Wildman–Crippen LogP) is 2.12. The molecule has 0 radical (unpaired) electrons. The molecular weight excluding hydrogens is 286 g/mol. The Morgan fingerprint density at radius 2 is 2.24 bits per heavy atom. The van der Waals surface area contributed by atoms with Gasteiger partial charge in [-0.05, 0) is 25.2 Å². The van der Waals surface area contributed by atoms with Gasteiger partial charge < -0.3 is 4.57 Å². The van der Waals surface area contributed by atoms with E-state index in [4.69, 9.17) is 0 Å². The van der Waals surface area contributed by atoms with E-state index in [2.05, 4.69) is 27.4 Å². The van der Waals surface area contributed by atoms with Crippen LogP contribution in [0.2, 0.25) is 0 Å². The van der Waals surface area contributed by atoms with Gasteiger partial charge in [-0.2, -0.15) is 0 Å². The van der Waals surface area contributed by atoms with Crippen LogP contribution in [0.1, 0.15) is 51.0 Å². The minimum Gasteiger partial charge on any atom is -0.335 e. The topological polar surface area (TPSA) is 64.0 Å². The van der Waals surface area contributed by atoms with Gasteiger partial charge >= 0.3 is 0 Å². The average Bonchev–Trinajstić information content (AvgIpc) is 2.80. The molecule has 0 spiro atoms. The van der Waals surface area contributed by atoms with Gasteiger partial charge in [0.05, 0.1) is 11.4 Å². The van der Waals surface area contributed by atoms with Crippen LogP contribution in [0.4, 0.5) is 0 Å². The number of nitrogens with zero attached hydrogens (tertiary/aromatic N) is 2. The molecule has 6 heteroatoms. The maximum atomic E-state index is 12.0. The van der Waals surface area contributed by atoms with Crippen molar-refractivity contribution < 1.29 is 8.42 Å². The van der Waals surface area contributed by atoms with Gasteiger partial charge in [-0.15, -0.1) is 0 Å². The highest BCUT2D eigenvalue weighted by molar-refractivity contribution is 7.89. The Hall–Kier alpha value is -0.880. The highest BCUT2D eigenvalue weighted by Crippen LogP contribution is 2.14. The van der Waals surface area contributed by atoms with E-state index < -0.39 is 10.0 Å². The number of rotatable bonds is 8. The molecular formula is C15H27N3O2S. The Morgan fingerprint density at radius 3 is 2.95 bits per heavy atom. The molecule has 1 aliphatic heterocycles. The van der Waals surface area contributed by atoms with Crippen molar-refractivity contribution in [1.29, 1.82) is 0 Å². The maximum Gasteiger partial charge on any atom is 0.211 e. The number of nitrogens with one attached hydrogen (secondary N) is 1. The minimum absolute atomic E-state index is 0.215. The molecule has 120 valence electrons. The molecule has 1 atom stereocenters. The smallest absolute Gasteiger partial charge is 0.211 e. The predicted molar refractivity (Wildman–Crippen MR) is 84.7 cm³/mol. The molecule has 0 fully saturated rings. The van der Waals surface area contributed by atoms with E-state index in [0.29, 0.717) is 13.0 Å². The first-order valence-corrected chi connectivity index (χ1v) is 9.67. The second-order valence-corrected chi connectivity index (χ2v) is 7.97. The Balaban J connectivity index is 1.79. The van der Waals surface area contributed by atoms with Gasteiger partial charge in [-0.1, -0.05) is 20.3 Å². The van der Waals surface area contributed by atoms with Crippen LogP contribution in [-0.2, 0) is 29.4 Å². The molecule has 21 heavy (non-hydrogen) atoms. The second-order valence-electron chi connectivity index (χ2n) is 6.12.